The van der Waals surface area contributed by atoms with E-state index < -0.39 is 28.7 Å². The highest BCUT2D eigenvalue weighted by Gasteiger charge is 2.15. The zero-order valence-electron chi connectivity index (χ0n) is 9.41. The van der Waals surface area contributed by atoms with Crippen molar-refractivity contribution >= 4 is 17.4 Å². The molecule has 0 bridgehead atoms. The van der Waals surface area contributed by atoms with Crippen LogP contribution in [0.15, 0.2) is 29.1 Å². The van der Waals surface area contributed by atoms with Gasteiger partial charge >= 0.3 is 0 Å². The van der Waals surface area contributed by atoms with Gasteiger partial charge in [-0.2, -0.15) is 5.10 Å². The molecule has 0 aliphatic heterocycles. The number of carbonyl (C=O) groups excluding carboxylic acids is 1. The highest BCUT2D eigenvalue weighted by molar-refractivity contribution is 6.04. The molecule has 1 aromatic carbocycles. The number of nitrogen functional groups attached to an aromatic ring is 1. The van der Waals surface area contributed by atoms with E-state index in [1.165, 1.54) is 6.07 Å². The van der Waals surface area contributed by atoms with E-state index in [0.29, 0.717) is 6.07 Å². The zero-order chi connectivity index (χ0) is 14.0. The van der Waals surface area contributed by atoms with E-state index in [1.807, 2.05) is 0 Å². The minimum absolute atomic E-state index is 0.0203. The Bertz CT molecular complexity index is 679. The number of aromatic nitrogens is 2. The summed E-state index contributed by atoms with van der Waals surface area (Å²) in [5.74, 6) is -2.83. The Kier molecular flexibility index (Phi) is 3.23. The standard InChI is InChI=1S/C11H8F2N4O2/c12-6-4-7(13)8(14)3-5(6)11(19)15-9-1-2-10(18)17-16-9/h1-4H,14H2,(H,17,18)(H,15,16,19). The van der Waals surface area contributed by atoms with Crippen molar-refractivity contribution in [3.05, 3.63) is 51.8 Å². The lowest BCUT2D eigenvalue weighted by molar-refractivity contribution is 0.102. The van der Waals surface area contributed by atoms with Crippen LogP contribution in [0.2, 0.25) is 0 Å². The first-order valence-corrected chi connectivity index (χ1v) is 5.09. The van der Waals surface area contributed by atoms with Crippen molar-refractivity contribution < 1.29 is 13.6 Å². The molecule has 0 spiro atoms. The van der Waals surface area contributed by atoms with Gasteiger partial charge in [-0.25, -0.2) is 13.9 Å². The molecule has 4 N–H and O–H groups in total. The molecule has 2 rings (SSSR count). The minimum atomic E-state index is -1.05. The van der Waals surface area contributed by atoms with Gasteiger partial charge < -0.3 is 11.1 Å². The average molecular weight is 266 g/mol. The van der Waals surface area contributed by atoms with Gasteiger partial charge in [0, 0.05) is 12.1 Å². The van der Waals surface area contributed by atoms with Crippen LogP contribution in [-0.4, -0.2) is 16.1 Å². The van der Waals surface area contributed by atoms with Gasteiger partial charge in [0.1, 0.15) is 11.6 Å². The van der Waals surface area contributed by atoms with E-state index >= 15 is 0 Å². The molecule has 0 aliphatic carbocycles. The number of carbonyl (C=O) groups is 1. The second-order valence-electron chi connectivity index (χ2n) is 3.61. The number of amides is 1. The second-order valence-corrected chi connectivity index (χ2v) is 3.61. The number of anilines is 2. The number of nitrogens with two attached hydrogens (primary N) is 1. The van der Waals surface area contributed by atoms with E-state index in [0.717, 1.165) is 12.1 Å². The molecule has 0 fully saturated rings. The molecule has 0 aliphatic rings. The van der Waals surface area contributed by atoms with Crippen molar-refractivity contribution in [2.75, 3.05) is 11.1 Å². The maximum absolute atomic E-state index is 13.4. The molecule has 1 heterocycles. The fourth-order valence-corrected chi connectivity index (χ4v) is 1.34. The third-order valence-electron chi connectivity index (χ3n) is 2.25. The molecule has 0 saturated heterocycles. The molecule has 0 saturated carbocycles. The first kappa shape index (κ1) is 12.7. The first-order chi connectivity index (χ1) is 8.97. The summed E-state index contributed by atoms with van der Waals surface area (Å²) in [6, 6.07) is 3.77. The van der Waals surface area contributed by atoms with Crippen LogP contribution in [0.3, 0.4) is 0 Å². The molecule has 1 amide bonds. The predicted molar refractivity (Wildman–Crippen MR) is 63.6 cm³/mol. The van der Waals surface area contributed by atoms with Crippen LogP contribution in [0.4, 0.5) is 20.3 Å². The van der Waals surface area contributed by atoms with Gasteiger partial charge in [0.15, 0.2) is 5.82 Å². The Labute approximate surface area is 105 Å². The van der Waals surface area contributed by atoms with Gasteiger partial charge in [-0.15, -0.1) is 0 Å². The van der Waals surface area contributed by atoms with Crippen LogP contribution in [0.25, 0.3) is 0 Å². The second kappa shape index (κ2) is 4.84. The molecule has 1 aromatic heterocycles. The lowest BCUT2D eigenvalue weighted by atomic mass is 10.1. The Hall–Kier alpha value is -2.77. The number of nitrogens with zero attached hydrogens (tertiary/aromatic N) is 1. The van der Waals surface area contributed by atoms with Crippen molar-refractivity contribution in [2.24, 2.45) is 0 Å². The molecule has 19 heavy (non-hydrogen) atoms. The van der Waals surface area contributed by atoms with Crippen molar-refractivity contribution in [3.8, 4) is 0 Å². The number of aromatic amines is 1. The molecule has 8 heteroatoms. The van der Waals surface area contributed by atoms with Crippen LogP contribution in [0.1, 0.15) is 10.4 Å². The van der Waals surface area contributed by atoms with Gasteiger partial charge in [-0.3, -0.25) is 9.59 Å². The van der Waals surface area contributed by atoms with E-state index in [1.54, 1.807) is 0 Å². The van der Waals surface area contributed by atoms with Crippen LogP contribution < -0.4 is 16.6 Å². The molecule has 0 radical (unpaired) electrons. The summed E-state index contributed by atoms with van der Waals surface area (Å²) in [5, 5.41) is 7.84. The monoisotopic (exact) mass is 266 g/mol. The number of halogens is 2. The van der Waals surface area contributed by atoms with Gasteiger partial charge in [0.2, 0.25) is 0 Å². The van der Waals surface area contributed by atoms with E-state index in [2.05, 4.69) is 15.5 Å². The largest absolute Gasteiger partial charge is 0.396 e. The predicted octanol–water partition coefficient (Wildman–Crippen LogP) is 0.883. The highest BCUT2D eigenvalue weighted by Crippen LogP contribution is 2.17. The number of rotatable bonds is 2. The molecule has 98 valence electrons. The van der Waals surface area contributed by atoms with Crippen LogP contribution >= 0.6 is 0 Å². The van der Waals surface area contributed by atoms with Gasteiger partial charge in [-0.05, 0) is 12.1 Å². The first-order valence-electron chi connectivity index (χ1n) is 5.09. The minimum Gasteiger partial charge on any atom is -0.396 e. The molecule has 2 aromatic rings. The summed E-state index contributed by atoms with van der Waals surface area (Å²) in [7, 11) is 0. The zero-order valence-corrected chi connectivity index (χ0v) is 9.41. The maximum Gasteiger partial charge on any atom is 0.264 e. The van der Waals surface area contributed by atoms with Crippen LogP contribution in [0.5, 0.6) is 0 Å². The molecule has 0 atom stereocenters. The third-order valence-corrected chi connectivity index (χ3v) is 2.25. The van der Waals surface area contributed by atoms with Crippen molar-refractivity contribution in [3.63, 3.8) is 0 Å². The normalized spacial score (nSPS) is 10.2. The highest BCUT2D eigenvalue weighted by atomic mass is 19.1. The fraction of sp³-hybridized carbons (Fsp3) is 0. The number of hydrogen-bond donors (Lipinski definition) is 3. The Morgan fingerprint density at radius 2 is 2.00 bits per heavy atom. The smallest absolute Gasteiger partial charge is 0.264 e. The summed E-state index contributed by atoms with van der Waals surface area (Å²) in [6.45, 7) is 0. The molecular weight excluding hydrogens is 258 g/mol. The summed E-state index contributed by atoms with van der Waals surface area (Å²) in [5.41, 5.74) is 4.04. The number of benzene rings is 1. The van der Waals surface area contributed by atoms with Crippen molar-refractivity contribution in [1.82, 2.24) is 10.2 Å². The number of nitrogens with one attached hydrogen (secondary N) is 2. The number of hydrogen-bond acceptors (Lipinski definition) is 4. The molecular formula is C11H8F2N4O2. The average Bonchev–Trinajstić information content (AvgIpc) is 2.36. The lowest BCUT2D eigenvalue weighted by Gasteiger charge is -2.06. The van der Waals surface area contributed by atoms with E-state index in [-0.39, 0.29) is 11.5 Å². The van der Waals surface area contributed by atoms with Crippen molar-refractivity contribution in [2.45, 2.75) is 0 Å². The fourth-order valence-electron chi connectivity index (χ4n) is 1.34. The molecule has 6 nitrogen and oxygen atoms in total. The molecule has 0 unspecified atom stereocenters. The van der Waals surface area contributed by atoms with Gasteiger partial charge in [0.25, 0.3) is 11.5 Å². The van der Waals surface area contributed by atoms with Gasteiger partial charge in [-0.1, -0.05) is 0 Å². The number of H-pyrrole nitrogens is 1. The Morgan fingerprint density at radius 3 is 2.63 bits per heavy atom. The lowest BCUT2D eigenvalue weighted by Crippen LogP contribution is -2.17. The van der Waals surface area contributed by atoms with Crippen molar-refractivity contribution in [1.29, 1.82) is 0 Å². The van der Waals surface area contributed by atoms with E-state index in [4.69, 9.17) is 5.73 Å². The maximum atomic E-state index is 13.4. The van der Waals surface area contributed by atoms with Crippen LogP contribution in [-0.2, 0) is 0 Å². The third kappa shape index (κ3) is 2.73. The summed E-state index contributed by atoms with van der Waals surface area (Å²) in [6.07, 6.45) is 0. The summed E-state index contributed by atoms with van der Waals surface area (Å²) >= 11 is 0. The summed E-state index contributed by atoms with van der Waals surface area (Å²) in [4.78, 5) is 22.5. The van der Waals surface area contributed by atoms with Crippen LogP contribution in [0, 0.1) is 11.6 Å². The quantitative estimate of drug-likeness (QED) is 0.702. The Morgan fingerprint density at radius 1 is 1.26 bits per heavy atom. The summed E-state index contributed by atoms with van der Waals surface area (Å²) < 4.78 is 26.4. The van der Waals surface area contributed by atoms with E-state index in [9.17, 15) is 18.4 Å². The Balaban J connectivity index is 2.27. The topological polar surface area (TPSA) is 101 Å². The SMILES string of the molecule is Nc1cc(C(=O)Nc2ccc(=O)[nH]n2)c(F)cc1F. The van der Waals surface area contributed by atoms with Gasteiger partial charge in [0.05, 0.1) is 11.3 Å².